The highest BCUT2D eigenvalue weighted by Crippen LogP contribution is 2.42. The Kier molecular flexibility index (Phi) is 2.75. The van der Waals surface area contributed by atoms with Crippen molar-refractivity contribution in [3.63, 3.8) is 0 Å². The lowest BCUT2D eigenvalue weighted by atomic mass is 9.89. The maximum absolute atomic E-state index is 2.26. The molecule has 1 aromatic rings. The summed E-state index contributed by atoms with van der Waals surface area (Å²) in [6.07, 6.45) is 0. The van der Waals surface area contributed by atoms with Gasteiger partial charge in [0, 0.05) is 5.92 Å². The molecule has 0 unspecified atom stereocenters. The topological polar surface area (TPSA) is 0 Å². The zero-order chi connectivity index (χ0) is 11.9. The molecule has 1 aliphatic rings. The molecule has 1 aromatic carbocycles. The van der Waals surface area contributed by atoms with Gasteiger partial charge >= 0.3 is 0 Å². The van der Waals surface area contributed by atoms with Crippen LogP contribution >= 0.6 is 0 Å². The number of hydrogen-bond acceptors (Lipinski definition) is 0. The first-order chi connectivity index (χ1) is 7.52. The standard InChI is InChI=1S/C16H20/c1-10-6-8-15(9-7-10)16-13(4)11(2)12(3)14(16)5/h6-9,16H,1-5H3. The minimum absolute atomic E-state index is 0.514. The average molecular weight is 212 g/mol. The predicted octanol–water partition coefficient (Wildman–Crippen LogP) is 4.77. The van der Waals surface area contributed by atoms with E-state index in [9.17, 15) is 0 Å². The lowest BCUT2D eigenvalue weighted by Gasteiger charge is -2.15. The molecule has 0 radical (unpaired) electrons. The molecule has 0 saturated carbocycles. The van der Waals surface area contributed by atoms with Gasteiger partial charge in [-0.1, -0.05) is 41.0 Å². The fourth-order valence-electron chi connectivity index (χ4n) is 2.61. The van der Waals surface area contributed by atoms with E-state index in [0.717, 1.165) is 0 Å². The largest absolute Gasteiger partial charge is 0.0590 e. The molecule has 1 aliphatic carbocycles. The Hall–Kier alpha value is -1.30. The van der Waals surface area contributed by atoms with Gasteiger partial charge in [0.25, 0.3) is 0 Å². The molecule has 0 fully saturated rings. The summed E-state index contributed by atoms with van der Waals surface area (Å²) in [5, 5.41) is 0. The fraction of sp³-hybridized carbons (Fsp3) is 0.375. The summed E-state index contributed by atoms with van der Waals surface area (Å²) in [5.74, 6) is 0.514. The van der Waals surface area contributed by atoms with Crippen LogP contribution in [0, 0.1) is 6.92 Å². The van der Waals surface area contributed by atoms with Crippen LogP contribution in [0.1, 0.15) is 44.7 Å². The summed E-state index contributed by atoms with van der Waals surface area (Å²) in [6, 6.07) is 8.94. The number of benzene rings is 1. The Morgan fingerprint density at radius 2 is 1.12 bits per heavy atom. The number of aryl methyl sites for hydroxylation is 1. The van der Waals surface area contributed by atoms with E-state index in [1.807, 2.05) is 0 Å². The third-order valence-corrected chi connectivity index (χ3v) is 4.02. The summed E-state index contributed by atoms with van der Waals surface area (Å²) in [6.45, 7) is 11.1. The lowest BCUT2D eigenvalue weighted by molar-refractivity contribution is 0.934. The van der Waals surface area contributed by atoms with Crippen molar-refractivity contribution in [2.75, 3.05) is 0 Å². The number of hydrogen-bond donors (Lipinski definition) is 0. The predicted molar refractivity (Wildman–Crippen MR) is 70.7 cm³/mol. The maximum atomic E-state index is 2.26. The van der Waals surface area contributed by atoms with Crippen molar-refractivity contribution >= 4 is 0 Å². The molecule has 0 heteroatoms. The van der Waals surface area contributed by atoms with Crippen LogP contribution in [0.15, 0.2) is 46.6 Å². The summed E-state index contributed by atoms with van der Waals surface area (Å²) in [5.41, 5.74) is 8.74. The van der Waals surface area contributed by atoms with E-state index in [1.54, 1.807) is 0 Å². The molecule has 0 amide bonds. The van der Waals surface area contributed by atoms with Crippen LogP contribution in [0.5, 0.6) is 0 Å². The zero-order valence-corrected chi connectivity index (χ0v) is 10.9. The van der Waals surface area contributed by atoms with Crippen molar-refractivity contribution in [3.05, 3.63) is 57.7 Å². The third-order valence-electron chi connectivity index (χ3n) is 4.02. The Bertz CT molecular complexity index is 445. The van der Waals surface area contributed by atoms with E-state index in [0.29, 0.717) is 5.92 Å². The van der Waals surface area contributed by atoms with E-state index in [-0.39, 0.29) is 0 Å². The Morgan fingerprint density at radius 1 is 0.688 bits per heavy atom. The van der Waals surface area contributed by atoms with Crippen molar-refractivity contribution in [1.29, 1.82) is 0 Å². The number of allylic oxidation sites excluding steroid dienone is 4. The van der Waals surface area contributed by atoms with Gasteiger partial charge in [0.15, 0.2) is 0 Å². The Balaban J connectivity index is 2.47. The van der Waals surface area contributed by atoms with Crippen LogP contribution < -0.4 is 0 Å². The first kappa shape index (κ1) is 11.2. The van der Waals surface area contributed by atoms with Gasteiger partial charge in [-0.2, -0.15) is 0 Å². The normalized spacial score (nSPS) is 17.6. The monoisotopic (exact) mass is 212 g/mol. The van der Waals surface area contributed by atoms with Crippen molar-refractivity contribution in [2.24, 2.45) is 0 Å². The van der Waals surface area contributed by atoms with Crippen molar-refractivity contribution < 1.29 is 0 Å². The van der Waals surface area contributed by atoms with Gasteiger partial charge in [-0.15, -0.1) is 0 Å². The summed E-state index contributed by atoms with van der Waals surface area (Å²) >= 11 is 0. The molecule has 0 heterocycles. The molecule has 0 saturated heterocycles. The minimum Gasteiger partial charge on any atom is -0.0590 e. The highest BCUT2D eigenvalue weighted by molar-refractivity contribution is 5.53. The highest BCUT2D eigenvalue weighted by Gasteiger charge is 2.25. The molecule has 0 nitrogen and oxygen atoms in total. The minimum atomic E-state index is 0.514. The molecule has 0 aliphatic heterocycles. The van der Waals surface area contributed by atoms with Crippen LogP contribution in [-0.4, -0.2) is 0 Å². The fourth-order valence-corrected chi connectivity index (χ4v) is 2.61. The summed E-state index contributed by atoms with van der Waals surface area (Å²) in [4.78, 5) is 0. The number of rotatable bonds is 1. The van der Waals surface area contributed by atoms with Gasteiger partial charge in [-0.3, -0.25) is 0 Å². The van der Waals surface area contributed by atoms with Crippen molar-refractivity contribution in [3.8, 4) is 0 Å². The summed E-state index contributed by atoms with van der Waals surface area (Å²) in [7, 11) is 0. The molecule has 2 rings (SSSR count). The molecule has 16 heavy (non-hydrogen) atoms. The Labute approximate surface area is 98.7 Å². The first-order valence-electron chi connectivity index (χ1n) is 5.94. The van der Waals surface area contributed by atoms with Crippen LogP contribution in [-0.2, 0) is 0 Å². The van der Waals surface area contributed by atoms with Gasteiger partial charge in [-0.25, -0.2) is 0 Å². The molecule has 0 N–H and O–H groups in total. The lowest BCUT2D eigenvalue weighted by Crippen LogP contribution is -1.99. The Morgan fingerprint density at radius 3 is 1.56 bits per heavy atom. The van der Waals surface area contributed by atoms with Crippen LogP contribution in [0.4, 0.5) is 0 Å². The zero-order valence-electron chi connectivity index (χ0n) is 10.9. The van der Waals surface area contributed by atoms with Gasteiger partial charge in [0.1, 0.15) is 0 Å². The van der Waals surface area contributed by atoms with Gasteiger partial charge < -0.3 is 0 Å². The van der Waals surface area contributed by atoms with E-state index < -0.39 is 0 Å². The molecule has 84 valence electrons. The van der Waals surface area contributed by atoms with Gasteiger partial charge in [0.05, 0.1) is 0 Å². The van der Waals surface area contributed by atoms with Crippen LogP contribution in [0.3, 0.4) is 0 Å². The summed E-state index contributed by atoms with van der Waals surface area (Å²) < 4.78 is 0. The molecule has 0 aromatic heterocycles. The third kappa shape index (κ3) is 1.63. The second-order valence-corrected chi connectivity index (χ2v) is 4.96. The highest BCUT2D eigenvalue weighted by atomic mass is 14.3. The van der Waals surface area contributed by atoms with Crippen molar-refractivity contribution in [1.82, 2.24) is 0 Å². The van der Waals surface area contributed by atoms with E-state index in [2.05, 4.69) is 58.9 Å². The second kappa shape index (κ2) is 3.93. The molecular formula is C16H20. The first-order valence-corrected chi connectivity index (χ1v) is 5.94. The second-order valence-electron chi connectivity index (χ2n) is 4.96. The van der Waals surface area contributed by atoms with Gasteiger partial charge in [0.2, 0.25) is 0 Å². The molecule has 0 bridgehead atoms. The van der Waals surface area contributed by atoms with E-state index >= 15 is 0 Å². The average Bonchev–Trinajstić information content (AvgIpc) is 2.46. The smallest absolute Gasteiger partial charge is 0.0263 e. The van der Waals surface area contributed by atoms with Crippen LogP contribution in [0.25, 0.3) is 0 Å². The van der Waals surface area contributed by atoms with E-state index in [1.165, 1.54) is 33.4 Å². The molecular weight excluding hydrogens is 192 g/mol. The molecule has 0 atom stereocenters. The van der Waals surface area contributed by atoms with E-state index in [4.69, 9.17) is 0 Å². The van der Waals surface area contributed by atoms with Crippen LogP contribution in [0.2, 0.25) is 0 Å². The molecule has 0 spiro atoms. The van der Waals surface area contributed by atoms with Crippen molar-refractivity contribution in [2.45, 2.75) is 40.5 Å². The SMILES string of the molecule is CC1=C(C)C(c2ccc(C)cc2)C(C)=C1C. The quantitative estimate of drug-likeness (QED) is 0.629. The maximum Gasteiger partial charge on any atom is 0.0263 e. The van der Waals surface area contributed by atoms with Gasteiger partial charge in [-0.05, 0) is 51.3 Å².